The molecule has 0 spiro atoms. The van der Waals surface area contributed by atoms with Gasteiger partial charge in [0.05, 0.1) is 5.02 Å². The first-order chi connectivity index (χ1) is 15.8. The summed E-state index contributed by atoms with van der Waals surface area (Å²) in [5.41, 5.74) is 2.77. The van der Waals surface area contributed by atoms with E-state index in [1.165, 1.54) is 17.7 Å². The van der Waals surface area contributed by atoms with Gasteiger partial charge in [0.2, 0.25) is 0 Å². The van der Waals surface area contributed by atoms with Gasteiger partial charge in [0.1, 0.15) is 30.3 Å². The second kappa shape index (κ2) is 9.61. The van der Waals surface area contributed by atoms with Crippen molar-refractivity contribution >= 4 is 29.8 Å². The average molecular weight is 476 g/mol. The Balaban J connectivity index is 1.52. The second-order valence-corrected chi connectivity index (χ2v) is 9.14. The van der Waals surface area contributed by atoms with Gasteiger partial charge in [-0.3, -0.25) is 0 Å². The topological polar surface area (TPSA) is 89.9 Å². The van der Waals surface area contributed by atoms with E-state index in [9.17, 15) is 19.1 Å². The minimum absolute atomic E-state index is 0.0213. The summed E-state index contributed by atoms with van der Waals surface area (Å²) in [4.78, 5) is 35.3. The Bertz CT molecular complexity index is 1050. The lowest BCUT2D eigenvalue weighted by molar-refractivity contribution is -0.120. The molecule has 1 N–H and O–H groups in total. The van der Waals surface area contributed by atoms with Crippen LogP contribution in [-0.4, -0.2) is 69.2 Å². The van der Waals surface area contributed by atoms with Crippen molar-refractivity contribution in [3.05, 3.63) is 52.2 Å². The molecule has 3 atom stereocenters. The van der Waals surface area contributed by atoms with E-state index >= 15 is 0 Å². The normalized spacial score (nSPS) is 21.5. The molecule has 0 radical (unpaired) electrons. The highest BCUT2D eigenvalue weighted by Crippen LogP contribution is 2.38. The molecule has 1 aliphatic carbocycles. The Kier molecular flexibility index (Phi) is 6.81. The Morgan fingerprint density at radius 1 is 1.36 bits per heavy atom. The number of hydrazine groups is 1. The molecule has 10 heteroatoms. The highest BCUT2D eigenvalue weighted by Gasteiger charge is 2.36. The van der Waals surface area contributed by atoms with Crippen LogP contribution in [0.5, 0.6) is 0 Å². The number of nitrogens with zero attached hydrogens (tertiary/aromatic N) is 5. The molecule has 2 aliphatic rings. The number of halogens is 2. The van der Waals surface area contributed by atoms with E-state index in [1.807, 2.05) is 6.92 Å². The molecule has 2 aromatic rings. The Hall–Kier alpha value is -2.78. The molecule has 2 heterocycles. The second-order valence-electron chi connectivity index (χ2n) is 8.74. The van der Waals surface area contributed by atoms with Crippen LogP contribution in [-0.2, 0) is 17.6 Å². The van der Waals surface area contributed by atoms with Crippen LogP contribution in [0.3, 0.4) is 0 Å². The zero-order valence-corrected chi connectivity index (χ0v) is 19.4. The zero-order chi connectivity index (χ0) is 23.7. The first-order valence-electron chi connectivity index (χ1n) is 11.1. The summed E-state index contributed by atoms with van der Waals surface area (Å²) in [6.45, 7) is 5.56. The summed E-state index contributed by atoms with van der Waals surface area (Å²) in [6.07, 6.45) is 3.02. The van der Waals surface area contributed by atoms with Crippen LogP contribution in [0.15, 0.2) is 24.5 Å². The van der Waals surface area contributed by atoms with Crippen molar-refractivity contribution in [2.45, 2.75) is 51.1 Å². The minimum Gasteiger partial charge on any atom is -0.464 e. The standard InChI is InChI=1S/C23H27ClFN5O3/c1-14-3-6-20-21(14)22(27-13-26-20)29-8-7-28(11-15(29)2)30(23(32)33)17(12-31)9-16-4-5-18(24)19(25)10-16/h4-5,10,12-15,17H,3,6-9,11H2,1-2H3,(H,32,33)/t14-,15+,17-/m1/s1. The van der Waals surface area contributed by atoms with E-state index in [0.29, 0.717) is 37.4 Å². The van der Waals surface area contributed by atoms with Gasteiger partial charge in [-0.05, 0) is 43.4 Å². The lowest BCUT2D eigenvalue weighted by Gasteiger charge is -2.45. The number of aromatic nitrogens is 2. The van der Waals surface area contributed by atoms with E-state index in [1.54, 1.807) is 17.4 Å². The van der Waals surface area contributed by atoms with Crippen molar-refractivity contribution in [1.82, 2.24) is 20.0 Å². The molecule has 1 amide bonds. The summed E-state index contributed by atoms with van der Waals surface area (Å²) < 4.78 is 13.8. The molecule has 1 aromatic carbocycles. The number of carboxylic acid groups (broad SMARTS) is 1. The number of carbonyl (C=O) groups excluding carboxylic acids is 1. The maximum Gasteiger partial charge on any atom is 0.422 e. The predicted molar refractivity (Wildman–Crippen MR) is 122 cm³/mol. The van der Waals surface area contributed by atoms with Crippen molar-refractivity contribution in [1.29, 1.82) is 0 Å². The van der Waals surface area contributed by atoms with Crippen LogP contribution >= 0.6 is 11.6 Å². The van der Waals surface area contributed by atoms with E-state index in [-0.39, 0.29) is 17.5 Å². The first-order valence-corrected chi connectivity index (χ1v) is 11.4. The van der Waals surface area contributed by atoms with Crippen molar-refractivity contribution in [3.63, 3.8) is 0 Å². The number of anilines is 1. The fourth-order valence-corrected chi connectivity index (χ4v) is 4.99. The maximum atomic E-state index is 13.8. The van der Waals surface area contributed by atoms with Gasteiger partial charge < -0.3 is 14.8 Å². The third kappa shape index (κ3) is 4.65. The van der Waals surface area contributed by atoms with Crippen LogP contribution in [0.4, 0.5) is 15.0 Å². The number of hydrogen-bond acceptors (Lipinski definition) is 6. The van der Waals surface area contributed by atoms with E-state index in [0.717, 1.165) is 29.4 Å². The average Bonchev–Trinajstić information content (AvgIpc) is 3.17. The maximum absolute atomic E-state index is 13.8. The lowest BCUT2D eigenvalue weighted by atomic mass is 10.0. The minimum atomic E-state index is -1.22. The number of aldehydes is 1. The monoisotopic (exact) mass is 475 g/mol. The fourth-order valence-electron chi connectivity index (χ4n) is 4.87. The zero-order valence-electron chi connectivity index (χ0n) is 18.6. The molecule has 1 fully saturated rings. The van der Waals surface area contributed by atoms with Crippen LogP contribution in [0, 0.1) is 5.82 Å². The molecule has 0 saturated carbocycles. The summed E-state index contributed by atoms with van der Waals surface area (Å²) in [7, 11) is 0. The van der Waals surface area contributed by atoms with Gasteiger partial charge in [-0.15, -0.1) is 0 Å². The number of aryl methyl sites for hydroxylation is 1. The quantitative estimate of drug-likeness (QED) is 0.639. The van der Waals surface area contributed by atoms with Gasteiger partial charge in [-0.1, -0.05) is 24.6 Å². The van der Waals surface area contributed by atoms with Gasteiger partial charge >= 0.3 is 6.09 Å². The largest absolute Gasteiger partial charge is 0.464 e. The number of rotatable bonds is 6. The summed E-state index contributed by atoms with van der Waals surface area (Å²) in [5, 5.41) is 12.7. The highest BCUT2D eigenvalue weighted by molar-refractivity contribution is 6.30. The van der Waals surface area contributed by atoms with E-state index in [4.69, 9.17) is 11.6 Å². The molecule has 0 unspecified atom stereocenters. The third-order valence-corrected chi connectivity index (χ3v) is 6.84. The molecule has 1 aromatic heterocycles. The fraction of sp³-hybridized carbons (Fsp3) is 0.478. The number of fused-ring (bicyclic) bond motifs is 1. The highest BCUT2D eigenvalue weighted by atomic mass is 35.5. The summed E-state index contributed by atoms with van der Waals surface area (Å²) in [6, 6.07) is 3.22. The summed E-state index contributed by atoms with van der Waals surface area (Å²) in [5.74, 6) is 0.702. The van der Waals surface area contributed by atoms with E-state index < -0.39 is 18.0 Å². The molecular formula is C23H27ClFN5O3. The number of carbonyl (C=O) groups is 2. The number of hydrogen-bond donors (Lipinski definition) is 1. The molecular weight excluding hydrogens is 449 g/mol. The van der Waals surface area contributed by atoms with Crippen LogP contribution in [0.1, 0.15) is 43.0 Å². The molecule has 1 saturated heterocycles. The Labute approximate surface area is 196 Å². The van der Waals surface area contributed by atoms with Gasteiger partial charge in [0.25, 0.3) is 0 Å². The van der Waals surface area contributed by atoms with Crippen molar-refractivity contribution in [2.24, 2.45) is 0 Å². The van der Waals surface area contributed by atoms with Crippen LogP contribution in [0.25, 0.3) is 0 Å². The summed E-state index contributed by atoms with van der Waals surface area (Å²) >= 11 is 5.74. The van der Waals surface area contributed by atoms with Gasteiger partial charge in [0.15, 0.2) is 0 Å². The smallest absolute Gasteiger partial charge is 0.422 e. The Morgan fingerprint density at radius 2 is 2.15 bits per heavy atom. The Morgan fingerprint density at radius 3 is 2.82 bits per heavy atom. The first kappa shape index (κ1) is 23.4. The number of amides is 1. The van der Waals surface area contributed by atoms with Crippen molar-refractivity contribution < 1.29 is 19.1 Å². The van der Waals surface area contributed by atoms with Crippen molar-refractivity contribution in [3.8, 4) is 0 Å². The third-order valence-electron chi connectivity index (χ3n) is 6.53. The van der Waals surface area contributed by atoms with Crippen molar-refractivity contribution in [2.75, 3.05) is 24.5 Å². The molecule has 176 valence electrons. The van der Waals surface area contributed by atoms with Gasteiger partial charge in [-0.25, -0.2) is 29.2 Å². The number of benzene rings is 1. The molecule has 4 rings (SSSR count). The van der Waals surface area contributed by atoms with Gasteiger partial charge in [0, 0.05) is 43.4 Å². The predicted octanol–water partition coefficient (Wildman–Crippen LogP) is 3.53. The molecule has 0 bridgehead atoms. The molecule has 1 aliphatic heterocycles. The number of piperazine rings is 1. The SMILES string of the molecule is C[C@@H]1CCc2ncnc(N3CCN(N(C(=O)O)[C@@H](C=O)Cc4ccc(Cl)c(F)c4)C[C@@H]3C)c21. The van der Waals surface area contributed by atoms with E-state index in [2.05, 4.69) is 21.8 Å². The van der Waals surface area contributed by atoms with Crippen LogP contribution in [0.2, 0.25) is 5.02 Å². The lowest BCUT2D eigenvalue weighted by Crippen LogP contribution is -2.62. The van der Waals surface area contributed by atoms with Gasteiger partial charge in [-0.2, -0.15) is 0 Å². The molecule has 33 heavy (non-hydrogen) atoms. The van der Waals surface area contributed by atoms with Crippen LogP contribution < -0.4 is 4.90 Å². The molecule has 8 nitrogen and oxygen atoms in total.